The zero-order chi connectivity index (χ0) is 20.6. The van der Waals surface area contributed by atoms with Gasteiger partial charge in [-0.15, -0.1) is 0 Å². The van der Waals surface area contributed by atoms with Crippen molar-refractivity contribution in [2.45, 2.75) is 17.5 Å². The van der Waals surface area contributed by atoms with Crippen molar-refractivity contribution in [3.8, 4) is 0 Å². The molecule has 29 heavy (non-hydrogen) atoms. The summed E-state index contributed by atoms with van der Waals surface area (Å²) < 4.78 is 66.0. The number of aromatic nitrogens is 2. The fourth-order valence-corrected chi connectivity index (χ4v) is 5.68. The molecule has 1 fully saturated rings. The van der Waals surface area contributed by atoms with Gasteiger partial charge in [-0.05, 0) is 36.8 Å². The van der Waals surface area contributed by atoms with Gasteiger partial charge in [0.25, 0.3) is 0 Å². The van der Waals surface area contributed by atoms with E-state index >= 15 is 0 Å². The van der Waals surface area contributed by atoms with Gasteiger partial charge in [-0.25, -0.2) is 18.4 Å². The van der Waals surface area contributed by atoms with Crippen LogP contribution in [0.3, 0.4) is 0 Å². The second-order valence-corrected chi connectivity index (χ2v) is 9.49. The number of fused-ring (bicyclic) bond motifs is 1. The molecular formula is C18H17F3N4O2S2. The average molecular weight is 442 g/mol. The summed E-state index contributed by atoms with van der Waals surface area (Å²) in [6, 6.07) is 7.55. The average Bonchev–Trinajstić information content (AvgIpc) is 2.96. The minimum atomic E-state index is -4.60. The summed E-state index contributed by atoms with van der Waals surface area (Å²) in [6.07, 6.45) is -2.36. The Kier molecular flexibility index (Phi) is 5.21. The molecule has 11 heteroatoms. The van der Waals surface area contributed by atoms with Gasteiger partial charge in [0.1, 0.15) is 10.3 Å². The molecule has 6 nitrogen and oxygen atoms in total. The molecule has 3 aromatic rings. The zero-order valence-electron chi connectivity index (χ0n) is 15.1. The van der Waals surface area contributed by atoms with Crippen LogP contribution in [0, 0.1) is 0 Å². The van der Waals surface area contributed by atoms with E-state index in [0.717, 1.165) is 27.6 Å². The van der Waals surface area contributed by atoms with E-state index in [2.05, 4.69) is 9.97 Å². The molecule has 0 radical (unpaired) electrons. The number of hydrogen-bond donors (Lipinski definition) is 0. The maximum atomic E-state index is 13.0. The molecular weight excluding hydrogens is 425 g/mol. The predicted octanol–water partition coefficient (Wildman–Crippen LogP) is 3.61. The Labute approximate surface area is 169 Å². The van der Waals surface area contributed by atoms with Crippen molar-refractivity contribution in [1.29, 1.82) is 0 Å². The Morgan fingerprint density at radius 1 is 1.03 bits per heavy atom. The number of anilines is 1. The van der Waals surface area contributed by atoms with E-state index in [4.69, 9.17) is 0 Å². The van der Waals surface area contributed by atoms with Crippen LogP contribution in [0.5, 0.6) is 0 Å². The fraction of sp³-hybridized carbons (Fsp3) is 0.333. The number of nitrogens with zero attached hydrogens (tertiary/aromatic N) is 4. The van der Waals surface area contributed by atoms with E-state index in [1.165, 1.54) is 21.7 Å². The van der Waals surface area contributed by atoms with Crippen LogP contribution in [-0.2, 0) is 16.2 Å². The van der Waals surface area contributed by atoms with Gasteiger partial charge >= 0.3 is 6.18 Å². The Hall–Kier alpha value is -2.24. The topological polar surface area (TPSA) is 66.4 Å². The van der Waals surface area contributed by atoms with E-state index in [0.29, 0.717) is 25.6 Å². The van der Waals surface area contributed by atoms with Crippen LogP contribution < -0.4 is 4.90 Å². The lowest BCUT2D eigenvalue weighted by Crippen LogP contribution is -2.35. The number of halogens is 3. The molecule has 1 aliphatic rings. The number of pyridine rings is 1. The molecule has 0 saturated carbocycles. The van der Waals surface area contributed by atoms with Gasteiger partial charge in [0.05, 0.1) is 10.5 Å². The van der Waals surface area contributed by atoms with Crippen molar-refractivity contribution in [1.82, 2.24) is 14.3 Å². The van der Waals surface area contributed by atoms with E-state index in [9.17, 15) is 21.6 Å². The zero-order valence-corrected chi connectivity index (χ0v) is 16.8. The molecule has 0 spiro atoms. The number of hydrogen-bond acceptors (Lipinski definition) is 6. The number of rotatable bonds is 3. The van der Waals surface area contributed by atoms with Crippen molar-refractivity contribution in [3.05, 3.63) is 48.2 Å². The molecule has 0 atom stereocenters. The molecule has 0 unspecified atom stereocenters. The molecule has 2 aromatic heterocycles. The van der Waals surface area contributed by atoms with E-state index < -0.39 is 21.8 Å². The van der Waals surface area contributed by atoms with Gasteiger partial charge in [-0.1, -0.05) is 17.4 Å². The summed E-state index contributed by atoms with van der Waals surface area (Å²) >= 11 is 1.43. The molecule has 0 bridgehead atoms. The predicted molar refractivity (Wildman–Crippen MR) is 104 cm³/mol. The first-order chi connectivity index (χ1) is 13.7. The van der Waals surface area contributed by atoms with Crippen molar-refractivity contribution < 1.29 is 21.6 Å². The van der Waals surface area contributed by atoms with Gasteiger partial charge in [-0.3, -0.25) is 0 Å². The molecule has 4 rings (SSSR count). The SMILES string of the molecule is O=S(=O)(c1cccc(C(F)(F)F)c1)N1CCCN(c2nc3cccnc3s2)CC1. The number of sulfonamides is 1. The van der Waals surface area contributed by atoms with E-state index in [-0.39, 0.29) is 18.0 Å². The van der Waals surface area contributed by atoms with Crippen LogP contribution in [-0.4, -0.2) is 48.9 Å². The molecule has 0 amide bonds. The third-order valence-electron chi connectivity index (χ3n) is 4.68. The quantitative estimate of drug-likeness (QED) is 0.620. The third kappa shape index (κ3) is 4.07. The highest BCUT2D eigenvalue weighted by atomic mass is 32.2. The molecule has 154 valence electrons. The lowest BCUT2D eigenvalue weighted by Gasteiger charge is -2.21. The van der Waals surface area contributed by atoms with Gasteiger partial charge in [0, 0.05) is 32.4 Å². The van der Waals surface area contributed by atoms with Gasteiger partial charge in [-0.2, -0.15) is 17.5 Å². The number of benzene rings is 1. The monoisotopic (exact) mass is 442 g/mol. The summed E-state index contributed by atoms with van der Waals surface area (Å²) in [6.45, 7) is 1.41. The van der Waals surface area contributed by atoms with E-state index in [1.807, 2.05) is 11.0 Å². The summed E-state index contributed by atoms with van der Waals surface area (Å²) in [5.41, 5.74) is -0.192. The lowest BCUT2D eigenvalue weighted by atomic mass is 10.2. The van der Waals surface area contributed by atoms with Crippen molar-refractivity contribution in [2.75, 3.05) is 31.1 Å². The van der Waals surface area contributed by atoms with Gasteiger partial charge in [0.15, 0.2) is 5.13 Å². The first-order valence-electron chi connectivity index (χ1n) is 8.89. The highest BCUT2D eigenvalue weighted by Gasteiger charge is 2.33. The first kappa shape index (κ1) is 20.0. The van der Waals surface area contributed by atoms with E-state index in [1.54, 1.807) is 12.3 Å². The minimum Gasteiger partial charge on any atom is -0.347 e. The highest BCUT2D eigenvalue weighted by Crippen LogP contribution is 2.32. The van der Waals surface area contributed by atoms with Crippen LogP contribution in [0.15, 0.2) is 47.5 Å². The van der Waals surface area contributed by atoms with Crippen molar-refractivity contribution in [2.24, 2.45) is 0 Å². The maximum absolute atomic E-state index is 13.0. The van der Waals surface area contributed by atoms with Gasteiger partial charge < -0.3 is 4.90 Å². The van der Waals surface area contributed by atoms with Crippen LogP contribution in [0.1, 0.15) is 12.0 Å². The number of alkyl halides is 3. The second-order valence-electron chi connectivity index (χ2n) is 6.59. The molecule has 1 saturated heterocycles. The Morgan fingerprint density at radius 3 is 2.62 bits per heavy atom. The Bertz CT molecular complexity index is 1100. The van der Waals surface area contributed by atoms with Crippen molar-refractivity contribution >= 4 is 36.8 Å². The molecule has 0 aliphatic carbocycles. The fourth-order valence-electron chi connectivity index (χ4n) is 3.20. The Morgan fingerprint density at radius 2 is 1.86 bits per heavy atom. The standard InChI is InChI=1S/C18H17F3N4O2S2/c19-18(20,21)13-4-1-5-14(12-13)29(26,27)25-9-3-8-24(10-11-25)17-23-15-6-2-7-22-16(15)28-17/h1-2,4-7,12H,3,8-11H2. The Balaban J connectivity index is 1.54. The van der Waals surface area contributed by atoms with Crippen LogP contribution in [0.2, 0.25) is 0 Å². The second kappa shape index (κ2) is 7.54. The summed E-state index contributed by atoms with van der Waals surface area (Å²) in [7, 11) is -4.02. The molecule has 1 aliphatic heterocycles. The van der Waals surface area contributed by atoms with Crippen LogP contribution in [0.25, 0.3) is 10.3 Å². The molecule has 3 heterocycles. The van der Waals surface area contributed by atoms with Crippen LogP contribution >= 0.6 is 11.3 Å². The number of thiazole rings is 1. The summed E-state index contributed by atoms with van der Waals surface area (Å²) in [4.78, 5) is 11.3. The smallest absolute Gasteiger partial charge is 0.347 e. The van der Waals surface area contributed by atoms with Crippen LogP contribution in [0.4, 0.5) is 18.3 Å². The molecule has 1 aromatic carbocycles. The molecule has 0 N–H and O–H groups in total. The highest BCUT2D eigenvalue weighted by molar-refractivity contribution is 7.89. The minimum absolute atomic E-state index is 0.169. The summed E-state index contributed by atoms with van der Waals surface area (Å²) in [5, 5.41) is 0.761. The maximum Gasteiger partial charge on any atom is 0.416 e. The lowest BCUT2D eigenvalue weighted by molar-refractivity contribution is -0.137. The first-order valence-corrected chi connectivity index (χ1v) is 11.1. The van der Waals surface area contributed by atoms with Crippen molar-refractivity contribution in [3.63, 3.8) is 0 Å². The van der Waals surface area contributed by atoms with Gasteiger partial charge in [0.2, 0.25) is 10.0 Å². The third-order valence-corrected chi connectivity index (χ3v) is 7.61. The largest absolute Gasteiger partial charge is 0.416 e. The summed E-state index contributed by atoms with van der Waals surface area (Å²) in [5.74, 6) is 0. The normalized spacial score (nSPS) is 16.9.